The van der Waals surface area contributed by atoms with Crippen LogP contribution in [0.4, 0.5) is 0 Å². The van der Waals surface area contributed by atoms with Crippen LogP contribution in [0.15, 0.2) is 37.6 Å². The van der Waals surface area contributed by atoms with Crippen molar-refractivity contribution in [2.75, 3.05) is 0 Å². The average molecular weight is 222 g/mol. The van der Waals surface area contributed by atoms with E-state index in [1.807, 2.05) is 0 Å². The molecule has 3 aromatic heterocycles. The number of H-pyrrole nitrogens is 2. The maximum Gasteiger partial charge on any atom is 0.180 e. The van der Waals surface area contributed by atoms with E-state index in [2.05, 4.69) is 29.9 Å². The van der Waals surface area contributed by atoms with Crippen LogP contribution in [0.5, 0.6) is 0 Å². The average Bonchev–Trinajstić information content (AvgIpc) is 2.92. The first kappa shape index (κ1) is 11.2. The van der Waals surface area contributed by atoms with Gasteiger partial charge >= 0.3 is 0 Å². The predicted molar refractivity (Wildman–Crippen MR) is 60.7 cm³/mol. The molecule has 0 bridgehead atoms. The number of imidazole rings is 2. The fourth-order valence-corrected chi connectivity index (χ4v) is 0.906. The van der Waals surface area contributed by atoms with E-state index < -0.39 is 0 Å². The summed E-state index contributed by atoms with van der Waals surface area (Å²) in [5, 5.41) is 0. The molecule has 3 aromatic rings. The van der Waals surface area contributed by atoms with Gasteiger partial charge in [0, 0.05) is 12.4 Å². The quantitative estimate of drug-likeness (QED) is 0.591. The Morgan fingerprint density at radius 1 is 1.07 bits per heavy atom. The number of fused-ring (bicyclic) bond motifs is 1. The van der Waals surface area contributed by atoms with Crippen LogP contribution in [-0.2, 0) is 0 Å². The van der Waals surface area contributed by atoms with Gasteiger partial charge in [0.05, 0.1) is 18.9 Å². The molecule has 0 aliphatic heterocycles. The minimum absolute atomic E-state index is 0. The molecule has 6 nitrogen and oxygen atoms in total. The summed E-state index contributed by atoms with van der Waals surface area (Å²) in [4.78, 5) is 20.9. The highest BCUT2D eigenvalue weighted by Gasteiger charge is 1.91. The Kier molecular flexibility index (Phi) is 4.30. The van der Waals surface area contributed by atoms with E-state index in [0.29, 0.717) is 5.65 Å². The van der Waals surface area contributed by atoms with Crippen molar-refractivity contribution >= 4 is 24.7 Å². The molecule has 0 saturated carbocycles. The number of aromatic amines is 2. The summed E-state index contributed by atoms with van der Waals surface area (Å²) in [6.45, 7) is 0. The van der Waals surface area contributed by atoms with Gasteiger partial charge in [-0.2, -0.15) is 13.5 Å². The largest absolute Gasteiger partial charge is 0.351 e. The Hall–Kier alpha value is -1.89. The molecule has 3 heterocycles. The molecule has 0 unspecified atom stereocenters. The first-order valence-corrected chi connectivity index (χ1v) is 3.98. The molecule has 0 atom stereocenters. The number of hydrogen-bond acceptors (Lipinski definition) is 4. The lowest BCUT2D eigenvalue weighted by atomic mass is 10.6. The first-order valence-electron chi connectivity index (χ1n) is 3.98. The Morgan fingerprint density at radius 3 is 2.60 bits per heavy atom. The van der Waals surface area contributed by atoms with Crippen LogP contribution in [-0.4, -0.2) is 29.9 Å². The van der Waals surface area contributed by atoms with Crippen LogP contribution < -0.4 is 0 Å². The number of nitrogens with zero attached hydrogens (tertiary/aromatic N) is 4. The molecule has 2 N–H and O–H groups in total. The summed E-state index contributed by atoms with van der Waals surface area (Å²) in [5.41, 5.74) is 1.59. The number of aromatic nitrogens is 6. The van der Waals surface area contributed by atoms with Gasteiger partial charge in [0.15, 0.2) is 5.65 Å². The molecule has 0 amide bonds. The van der Waals surface area contributed by atoms with Crippen molar-refractivity contribution in [1.82, 2.24) is 29.9 Å². The minimum atomic E-state index is 0. The Bertz CT molecular complexity index is 429. The molecule has 0 spiro atoms. The fraction of sp³-hybridized carbons (Fsp3) is 0. The first-order chi connectivity index (χ1) is 6.97. The molecule has 15 heavy (non-hydrogen) atoms. The Balaban J connectivity index is 0.000000162. The summed E-state index contributed by atoms with van der Waals surface area (Å²) >= 11 is 0. The zero-order valence-corrected chi connectivity index (χ0v) is 8.75. The molecule has 0 fully saturated rings. The molecule has 0 saturated heterocycles. The summed E-state index contributed by atoms with van der Waals surface area (Å²) in [6.07, 6.45) is 9.85. The van der Waals surface area contributed by atoms with Crippen LogP contribution in [0.25, 0.3) is 11.2 Å². The third-order valence-electron chi connectivity index (χ3n) is 1.50. The number of nitrogens with one attached hydrogen (secondary N) is 2. The van der Waals surface area contributed by atoms with Gasteiger partial charge in [-0.15, -0.1) is 0 Å². The van der Waals surface area contributed by atoms with Crippen molar-refractivity contribution in [2.45, 2.75) is 0 Å². The summed E-state index contributed by atoms with van der Waals surface area (Å²) in [5.74, 6) is 0. The fourth-order valence-electron chi connectivity index (χ4n) is 0.906. The SMILES string of the molecule is S.c1c[nH]cn1.c1ncc2[nH]cnc2n1. The highest BCUT2D eigenvalue weighted by atomic mass is 32.1. The molecule has 3 rings (SSSR count). The van der Waals surface area contributed by atoms with Crippen molar-refractivity contribution < 1.29 is 0 Å². The van der Waals surface area contributed by atoms with E-state index in [0.717, 1.165) is 5.52 Å². The van der Waals surface area contributed by atoms with Crippen molar-refractivity contribution in [1.29, 1.82) is 0 Å². The van der Waals surface area contributed by atoms with Gasteiger partial charge in [0.2, 0.25) is 0 Å². The molecule has 78 valence electrons. The molecule has 0 aliphatic carbocycles. The summed E-state index contributed by atoms with van der Waals surface area (Å²) < 4.78 is 0. The minimum Gasteiger partial charge on any atom is -0.351 e. The Morgan fingerprint density at radius 2 is 2.00 bits per heavy atom. The normalized spacial score (nSPS) is 8.80. The predicted octanol–water partition coefficient (Wildman–Crippen LogP) is 0.875. The molecular weight excluding hydrogens is 212 g/mol. The summed E-state index contributed by atoms with van der Waals surface area (Å²) in [6, 6.07) is 0. The molecule has 0 radical (unpaired) electrons. The van der Waals surface area contributed by atoms with Gasteiger partial charge in [-0.05, 0) is 0 Å². The zero-order valence-electron chi connectivity index (χ0n) is 7.75. The van der Waals surface area contributed by atoms with E-state index in [1.54, 1.807) is 31.2 Å². The lowest BCUT2D eigenvalue weighted by Gasteiger charge is -1.80. The van der Waals surface area contributed by atoms with Crippen LogP contribution in [0.3, 0.4) is 0 Å². The van der Waals surface area contributed by atoms with E-state index in [9.17, 15) is 0 Å². The Labute approximate surface area is 92.7 Å². The van der Waals surface area contributed by atoms with Gasteiger partial charge < -0.3 is 9.97 Å². The third-order valence-corrected chi connectivity index (χ3v) is 1.50. The van der Waals surface area contributed by atoms with Crippen molar-refractivity contribution in [2.24, 2.45) is 0 Å². The van der Waals surface area contributed by atoms with Gasteiger partial charge in [-0.25, -0.2) is 19.9 Å². The van der Waals surface area contributed by atoms with E-state index >= 15 is 0 Å². The van der Waals surface area contributed by atoms with Crippen molar-refractivity contribution in [3.05, 3.63) is 37.6 Å². The van der Waals surface area contributed by atoms with Gasteiger partial charge in [0.1, 0.15) is 11.8 Å². The van der Waals surface area contributed by atoms with Gasteiger partial charge in [0.25, 0.3) is 0 Å². The lowest BCUT2D eigenvalue weighted by molar-refractivity contribution is 1.20. The number of hydrogen-bond donors (Lipinski definition) is 2. The van der Waals surface area contributed by atoms with Crippen LogP contribution in [0, 0.1) is 0 Å². The molecular formula is C8H10N6S. The highest BCUT2D eigenvalue weighted by Crippen LogP contribution is 1.99. The molecule has 7 heteroatoms. The van der Waals surface area contributed by atoms with Crippen LogP contribution >= 0.6 is 13.5 Å². The van der Waals surface area contributed by atoms with E-state index in [1.165, 1.54) is 6.33 Å². The molecule has 0 aromatic carbocycles. The molecule has 0 aliphatic rings. The van der Waals surface area contributed by atoms with Gasteiger partial charge in [-0.3, -0.25) is 0 Å². The third kappa shape index (κ3) is 3.06. The van der Waals surface area contributed by atoms with Crippen LogP contribution in [0.1, 0.15) is 0 Å². The second-order valence-corrected chi connectivity index (χ2v) is 2.42. The summed E-state index contributed by atoms with van der Waals surface area (Å²) in [7, 11) is 0. The second-order valence-electron chi connectivity index (χ2n) is 2.42. The zero-order chi connectivity index (χ0) is 9.64. The monoisotopic (exact) mass is 222 g/mol. The van der Waals surface area contributed by atoms with E-state index in [-0.39, 0.29) is 13.5 Å². The smallest absolute Gasteiger partial charge is 0.180 e. The standard InChI is InChI=1S/C5H4N4.C3H4N2.H2S/c1-4-5(8-2-6-1)9-3-7-4;1-2-5-3-4-1;/h1-3H,(H,6,7,8,9);1-3H,(H,4,5);1H2. The number of rotatable bonds is 0. The van der Waals surface area contributed by atoms with Crippen LogP contribution in [0.2, 0.25) is 0 Å². The second kappa shape index (κ2) is 5.76. The maximum absolute atomic E-state index is 3.91. The van der Waals surface area contributed by atoms with Crippen molar-refractivity contribution in [3.8, 4) is 0 Å². The highest BCUT2D eigenvalue weighted by molar-refractivity contribution is 7.59. The topological polar surface area (TPSA) is 83.1 Å². The van der Waals surface area contributed by atoms with Gasteiger partial charge in [-0.1, -0.05) is 0 Å². The lowest BCUT2D eigenvalue weighted by Crippen LogP contribution is -1.76. The van der Waals surface area contributed by atoms with E-state index in [4.69, 9.17) is 0 Å². The maximum atomic E-state index is 3.91. The van der Waals surface area contributed by atoms with Crippen molar-refractivity contribution in [3.63, 3.8) is 0 Å².